The zero-order valence-corrected chi connectivity index (χ0v) is 20.6. The fourth-order valence-electron chi connectivity index (χ4n) is 3.60. The SMILES string of the molecule is CC(C)NS(=O)(=O)c1cccc(NC(=O)c2cnn3c(C(F)F)cc(-c4ccc(C(F)(F)F)cc4)nc23)c1. The number of hydrogen-bond acceptors (Lipinski definition) is 5. The normalized spacial score (nSPS) is 12.4. The molecule has 1 amide bonds. The topological polar surface area (TPSA) is 105 Å². The molecule has 0 spiro atoms. The Hall–Kier alpha value is -3.91. The number of nitrogens with one attached hydrogen (secondary N) is 2. The highest BCUT2D eigenvalue weighted by molar-refractivity contribution is 7.89. The second-order valence-electron chi connectivity index (χ2n) is 8.49. The van der Waals surface area contributed by atoms with Crippen LogP contribution in [0.1, 0.15) is 41.9 Å². The molecule has 0 saturated heterocycles. The van der Waals surface area contributed by atoms with E-state index in [4.69, 9.17) is 0 Å². The minimum Gasteiger partial charge on any atom is -0.322 e. The number of fused-ring (bicyclic) bond motifs is 1. The van der Waals surface area contributed by atoms with Gasteiger partial charge in [0, 0.05) is 17.3 Å². The molecule has 14 heteroatoms. The van der Waals surface area contributed by atoms with Crippen molar-refractivity contribution < 1.29 is 35.2 Å². The number of halogens is 5. The highest BCUT2D eigenvalue weighted by atomic mass is 32.2. The van der Waals surface area contributed by atoms with Crippen LogP contribution in [0.5, 0.6) is 0 Å². The number of amides is 1. The van der Waals surface area contributed by atoms with Gasteiger partial charge in [-0.1, -0.05) is 18.2 Å². The number of benzene rings is 2. The number of rotatable bonds is 7. The molecule has 2 aromatic carbocycles. The number of anilines is 1. The van der Waals surface area contributed by atoms with Gasteiger partial charge in [-0.3, -0.25) is 4.79 Å². The fraction of sp³-hybridized carbons (Fsp3) is 0.208. The molecular weight excluding hydrogens is 533 g/mol. The molecular formula is C24H20F5N5O3S. The maximum atomic E-state index is 13.8. The molecule has 2 heterocycles. The second kappa shape index (κ2) is 10.1. The Morgan fingerprint density at radius 2 is 1.71 bits per heavy atom. The Morgan fingerprint density at radius 1 is 1.03 bits per heavy atom. The summed E-state index contributed by atoms with van der Waals surface area (Å²) in [5.74, 6) is -0.816. The molecule has 2 N–H and O–H groups in total. The van der Waals surface area contributed by atoms with E-state index >= 15 is 0 Å². The van der Waals surface area contributed by atoms with Gasteiger partial charge in [0.05, 0.1) is 22.3 Å². The van der Waals surface area contributed by atoms with Gasteiger partial charge in [0.15, 0.2) is 5.65 Å². The van der Waals surface area contributed by atoms with E-state index in [1.54, 1.807) is 13.8 Å². The number of sulfonamides is 1. The van der Waals surface area contributed by atoms with Gasteiger partial charge in [-0.25, -0.2) is 31.4 Å². The van der Waals surface area contributed by atoms with E-state index in [0.29, 0.717) is 0 Å². The Morgan fingerprint density at radius 3 is 2.32 bits per heavy atom. The predicted molar refractivity (Wildman–Crippen MR) is 128 cm³/mol. The van der Waals surface area contributed by atoms with Crippen molar-refractivity contribution in [3.8, 4) is 11.3 Å². The number of hydrogen-bond donors (Lipinski definition) is 2. The lowest BCUT2D eigenvalue weighted by molar-refractivity contribution is -0.137. The lowest BCUT2D eigenvalue weighted by Crippen LogP contribution is -2.30. The summed E-state index contributed by atoms with van der Waals surface area (Å²) in [5.41, 5.74) is -1.90. The third-order valence-corrected chi connectivity index (χ3v) is 6.92. The van der Waals surface area contributed by atoms with E-state index in [9.17, 15) is 35.2 Å². The van der Waals surface area contributed by atoms with Gasteiger partial charge in [-0.15, -0.1) is 0 Å². The Balaban J connectivity index is 1.72. The van der Waals surface area contributed by atoms with E-state index in [1.165, 1.54) is 24.3 Å². The van der Waals surface area contributed by atoms with E-state index < -0.39 is 39.8 Å². The van der Waals surface area contributed by atoms with Crippen LogP contribution < -0.4 is 10.0 Å². The molecule has 0 saturated carbocycles. The van der Waals surface area contributed by atoms with Gasteiger partial charge < -0.3 is 5.32 Å². The molecule has 8 nitrogen and oxygen atoms in total. The van der Waals surface area contributed by atoms with Crippen LogP contribution in [-0.4, -0.2) is 35.0 Å². The van der Waals surface area contributed by atoms with Gasteiger partial charge in [0.1, 0.15) is 11.3 Å². The number of nitrogens with zero attached hydrogens (tertiary/aromatic N) is 3. The van der Waals surface area contributed by atoms with Crippen molar-refractivity contribution in [2.45, 2.75) is 37.4 Å². The van der Waals surface area contributed by atoms with E-state index in [-0.39, 0.29) is 39.1 Å². The van der Waals surface area contributed by atoms with Crippen LogP contribution in [0, 0.1) is 0 Å². The lowest BCUT2D eigenvalue weighted by atomic mass is 10.1. The van der Waals surface area contributed by atoms with Crippen molar-refractivity contribution in [3.05, 3.63) is 77.6 Å². The van der Waals surface area contributed by atoms with E-state index in [1.807, 2.05) is 0 Å². The van der Waals surface area contributed by atoms with Crippen molar-refractivity contribution in [2.24, 2.45) is 0 Å². The first-order valence-electron chi connectivity index (χ1n) is 11.0. The van der Waals surface area contributed by atoms with Crippen molar-refractivity contribution in [3.63, 3.8) is 0 Å². The van der Waals surface area contributed by atoms with Gasteiger partial charge in [-0.2, -0.15) is 18.3 Å². The summed E-state index contributed by atoms with van der Waals surface area (Å²) in [4.78, 5) is 17.1. The van der Waals surface area contributed by atoms with Crippen molar-refractivity contribution >= 4 is 27.3 Å². The summed E-state index contributed by atoms with van der Waals surface area (Å²) in [6.45, 7) is 3.29. The maximum absolute atomic E-state index is 13.8. The van der Waals surface area contributed by atoms with Crippen LogP contribution >= 0.6 is 0 Å². The van der Waals surface area contributed by atoms with Crippen LogP contribution in [-0.2, 0) is 16.2 Å². The minimum atomic E-state index is -4.58. The molecule has 4 aromatic rings. The first kappa shape index (κ1) is 27.1. The second-order valence-corrected chi connectivity index (χ2v) is 10.2. The fourth-order valence-corrected chi connectivity index (χ4v) is 4.89. The summed E-state index contributed by atoms with van der Waals surface area (Å²) >= 11 is 0. The summed E-state index contributed by atoms with van der Waals surface area (Å²) in [7, 11) is -3.85. The molecule has 0 unspecified atom stereocenters. The molecule has 0 aliphatic carbocycles. The molecule has 0 atom stereocenters. The molecule has 4 rings (SSSR count). The van der Waals surface area contributed by atoms with Crippen LogP contribution in [0.4, 0.5) is 27.6 Å². The number of carbonyl (C=O) groups excluding carboxylic acids is 1. The molecule has 0 aliphatic heterocycles. The molecule has 200 valence electrons. The van der Waals surface area contributed by atoms with Crippen molar-refractivity contribution in [1.82, 2.24) is 19.3 Å². The summed E-state index contributed by atoms with van der Waals surface area (Å²) < 4.78 is 94.5. The van der Waals surface area contributed by atoms with Crippen LogP contribution in [0.15, 0.2) is 65.7 Å². The van der Waals surface area contributed by atoms with E-state index in [2.05, 4.69) is 20.1 Å². The van der Waals surface area contributed by atoms with Gasteiger partial charge in [0.25, 0.3) is 12.3 Å². The Bertz CT molecular complexity index is 1600. The van der Waals surface area contributed by atoms with E-state index in [0.717, 1.165) is 41.0 Å². The van der Waals surface area contributed by atoms with Gasteiger partial charge in [-0.05, 0) is 50.2 Å². The van der Waals surface area contributed by atoms with Gasteiger partial charge in [0.2, 0.25) is 10.0 Å². The van der Waals surface area contributed by atoms with Crippen molar-refractivity contribution in [1.29, 1.82) is 0 Å². The first-order chi connectivity index (χ1) is 17.8. The molecule has 0 radical (unpaired) electrons. The zero-order chi connectivity index (χ0) is 27.8. The lowest BCUT2D eigenvalue weighted by Gasteiger charge is -2.11. The quantitative estimate of drug-likeness (QED) is 0.303. The summed E-state index contributed by atoms with van der Waals surface area (Å²) in [6, 6.07) is 9.78. The average molecular weight is 554 g/mol. The molecule has 0 fully saturated rings. The third kappa shape index (κ3) is 5.65. The minimum absolute atomic E-state index is 0.0936. The molecule has 2 aromatic heterocycles. The molecule has 38 heavy (non-hydrogen) atoms. The van der Waals surface area contributed by atoms with Gasteiger partial charge >= 0.3 is 6.18 Å². The monoisotopic (exact) mass is 553 g/mol. The van der Waals surface area contributed by atoms with Crippen LogP contribution in [0.25, 0.3) is 16.9 Å². The highest BCUT2D eigenvalue weighted by Gasteiger charge is 2.30. The molecule has 0 aliphatic rings. The zero-order valence-electron chi connectivity index (χ0n) is 19.8. The first-order valence-corrected chi connectivity index (χ1v) is 12.5. The highest BCUT2D eigenvalue weighted by Crippen LogP contribution is 2.32. The Labute approximate surface area is 213 Å². The summed E-state index contributed by atoms with van der Waals surface area (Å²) in [6.07, 6.45) is -6.61. The third-order valence-electron chi connectivity index (χ3n) is 5.27. The summed E-state index contributed by atoms with van der Waals surface area (Å²) in [5, 5.41) is 6.33. The largest absolute Gasteiger partial charge is 0.416 e. The van der Waals surface area contributed by atoms with Crippen LogP contribution in [0.3, 0.4) is 0 Å². The molecule has 0 bridgehead atoms. The maximum Gasteiger partial charge on any atom is 0.416 e. The van der Waals surface area contributed by atoms with Crippen molar-refractivity contribution in [2.75, 3.05) is 5.32 Å². The Kier molecular flexibility index (Phi) is 7.21. The number of alkyl halides is 5. The van der Waals surface area contributed by atoms with Crippen LogP contribution in [0.2, 0.25) is 0 Å². The predicted octanol–water partition coefficient (Wildman–Crippen LogP) is 5.29. The average Bonchev–Trinajstić information content (AvgIpc) is 3.26. The standard InChI is InChI=1S/C24H20F5N5O3S/c1-13(2)33-38(36,37)17-5-3-4-16(10-17)31-23(35)18-12-30-34-20(21(25)26)11-19(32-22(18)34)14-6-8-15(9-7-14)24(27,28)29/h3-13,21,33H,1-2H3,(H,31,35). The number of aromatic nitrogens is 3. The number of carbonyl (C=O) groups is 1. The smallest absolute Gasteiger partial charge is 0.322 e.